The summed E-state index contributed by atoms with van der Waals surface area (Å²) < 4.78 is 29.4. The summed E-state index contributed by atoms with van der Waals surface area (Å²) in [5.41, 5.74) is -0.579. The van der Waals surface area contributed by atoms with E-state index in [0.717, 1.165) is 11.3 Å². The highest BCUT2D eigenvalue weighted by Gasteiger charge is 2.46. The Balaban J connectivity index is 2.16. The minimum absolute atomic E-state index is 0.112. The molecule has 1 amide bonds. The number of aliphatic hydroxyl groups is 1. The maximum absolute atomic E-state index is 12.9. The van der Waals surface area contributed by atoms with Crippen LogP contribution in [0.1, 0.15) is 45.5 Å². The second-order valence-electron chi connectivity index (χ2n) is 7.28. The third-order valence-electron chi connectivity index (χ3n) is 4.48. The monoisotopic (exact) mass is 391 g/mol. The van der Waals surface area contributed by atoms with Crippen LogP contribution in [-0.4, -0.2) is 59.4 Å². The number of hydrogen-bond donors (Lipinski definition) is 2. The van der Waals surface area contributed by atoms with Crippen molar-refractivity contribution in [3.05, 3.63) is 5.01 Å². The van der Waals surface area contributed by atoms with Crippen LogP contribution in [0.2, 0.25) is 0 Å². The van der Waals surface area contributed by atoms with E-state index in [0.29, 0.717) is 31.1 Å². The largest absolute Gasteiger partial charge is 0.395 e. The highest BCUT2D eigenvalue weighted by Crippen LogP contribution is 2.31. The lowest BCUT2D eigenvalue weighted by Crippen LogP contribution is -2.50. The van der Waals surface area contributed by atoms with E-state index in [4.69, 9.17) is 4.74 Å². The first kappa shape index (κ1) is 20.2. The third-order valence-corrected chi connectivity index (χ3v) is 8.65. The molecule has 0 atom stereocenters. The Labute approximate surface area is 151 Å². The fourth-order valence-electron chi connectivity index (χ4n) is 2.39. The van der Waals surface area contributed by atoms with Gasteiger partial charge in [-0.1, -0.05) is 25.2 Å². The van der Waals surface area contributed by atoms with Gasteiger partial charge in [0.1, 0.15) is 9.75 Å². The highest BCUT2D eigenvalue weighted by atomic mass is 32.2. The molecule has 2 rings (SSSR count). The average Bonchev–Trinajstić information content (AvgIpc) is 3.04. The van der Waals surface area contributed by atoms with Gasteiger partial charge in [-0.2, -0.15) is 0 Å². The summed E-state index contributed by atoms with van der Waals surface area (Å²) in [6, 6.07) is 0. The van der Waals surface area contributed by atoms with Crippen LogP contribution in [-0.2, 0) is 24.8 Å². The predicted octanol–water partition coefficient (Wildman–Crippen LogP) is 1.12. The van der Waals surface area contributed by atoms with Crippen molar-refractivity contribution in [1.82, 2.24) is 10.2 Å². The molecule has 25 heavy (non-hydrogen) atoms. The fourth-order valence-corrected chi connectivity index (χ4v) is 5.18. The molecule has 1 aliphatic rings. The Morgan fingerprint density at radius 3 is 2.44 bits per heavy atom. The van der Waals surface area contributed by atoms with E-state index in [2.05, 4.69) is 15.5 Å². The van der Waals surface area contributed by atoms with Crippen molar-refractivity contribution < 1.29 is 23.1 Å². The molecule has 0 unspecified atom stereocenters. The number of sulfone groups is 1. The Morgan fingerprint density at radius 2 is 1.88 bits per heavy atom. The summed E-state index contributed by atoms with van der Waals surface area (Å²) in [5, 5.41) is 20.0. The first-order valence-electron chi connectivity index (χ1n) is 8.10. The molecule has 1 aliphatic heterocycles. The molecule has 2 N–H and O–H groups in total. The van der Waals surface area contributed by atoms with Crippen molar-refractivity contribution in [3.8, 4) is 0 Å². The first-order chi connectivity index (χ1) is 11.5. The number of carbonyl (C=O) groups excluding carboxylic acids is 1. The molecule has 0 aliphatic carbocycles. The molecule has 8 nitrogen and oxygen atoms in total. The molecule has 0 spiro atoms. The number of nitrogens with one attached hydrogen (secondary N) is 1. The van der Waals surface area contributed by atoms with E-state index in [-0.39, 0.29) is 11.7 Å². The van der Waals surface area contributed by atoms with Gasteiger partial charge in [0.25, 0.3) is 0 Å². The van der Waals surface area contributed by atoms with Gasteiger partial charge in [-0.15, -0.1) is 10.2 Å². The second-order valence-corrected chi connectivity index (χ2v) is 11.0. The number of aliphatic hydroxyl groups excluding tert-OH is 1. The summed E-state index contributed by atoms with van der Waals surface area (Å²) in [6.07, 6.45) is 0.791. The molecule has 1 aromatic rings. The maximum Gasteiger partial charge on any atom is 0.247 e. The molecule has 1 aromatic heterocycles. The summed E-state index contributed by atoms with van der Waals surface area (Å²) in [6.45, 7) is 7.09. The predicted molar refractivity (Wildman–Crippen MR) is 95.5 cm³/mol. The van der Waals surface area contributed by atoms with Gasteiger partial charge in [0, 0.05) is 18.6 Å². The zero-order chi connectivity index (χ0) is 18.9. The van der Waals surface area contributed by atoms with E-state index in [1.54, 1.807) is 13.8 Å². The Kier molecular flexibility index (Phi) is 5.87. The third kappa shape index (κ3) is 4.02. The molecule has 0 radical (unpaired) electrons. The topological polar surface area (TPSA) is 118 Å². The molecule has 1 fully saturated rings. The number of rotatable bonds is 6. The number of nitrogens with zero attached hydrogens (tertiary/aromatic N) is 2. The standard InChI is InChI=1S/C15H25N3O5S2/c1-14(2,9-19)12-17-18-13(24-12)16-11(20)15(3,4)25(21,22)10-5-7-23-8-6-10/h10,19H,5-9H2,1-4H3,(H,16,18,20). The molecule has 0 aromatic carbocycles. The van der Waals surface area contributed by atoms with Gasteiger partial charge in [0.2, 0.25) is 11.0 Å². The zero-order valence-electron chi connectivity index (χ0n) is 14.9. The number of ether oxygens (including phenoxy) is 1. The molecule has 142 valence electrons. The first-order valence-corrected chi connectivity index (χ1v) is 10.5. The summed E-state index contributed by atoms with van der Waals surface area (Å²) in [5.74, 6) is -0.636. The summed E-state index contributed by atoms with van der Waals surface area (Å²) in [7, 11) is -3.68. The van der Waals surface area contributed by atoms with Gasteiger partial charge in [0.05, 0.1) is 11.9 Å². The SMILES string of the molecule is CC(C)(CO)c1nnc(NC(=O)C(C)(C)S(=O)(=O)C2CCOCC2)s1. The van der Waals surface area contributed by atoms with Crippen molar-refractivity contribution in [3.63, 3.8) is 0 Å². The molecular weight excluding hydrogens is 366 g/mol. The van der Waals surface area contributed by atoms with Crippen LogP contribution < -0.4 is 5.32 Å². The van der Waals surface area contributed by atoms with Crippen molar-refractivity contribution >= 4 is 32.2 Å². The lowest BCUT2D eigenvalue weighted by molar-refractivity contribution is -0.117. The van der Waals surface area contributed by atoms with Gasteiger partial charge in [0.15, 0.2) is 9.84 Å². The Hall–Kier alpha value is -1.10. The smallest absolute Gasteiger partial charge is 0.247 e. The van der Waals surface area contributed by atoms with Gasteiger partial charge in [-0.3, -0.25) is 10.1 Å². The molecule has 0 saturated carbocycles. The summed E-state index contributed by atoms with van der Waals surface area (Å²) >= 11 is 1.13. The number of anilines is 1. The second kappa shape index (κ2) is 7.26. The van der Waals surface area contributed by atoms with Crippen LogP contribution in [0.3, 0.4) is 0 Å². The fraction of sp³-hybridized carbons (Fsp3) is 0.800. The normalized spacial score (nSPS) is 17.5. The van der Waals surface area contributed by atoms with Crippen LogP contribution >= 0.6 is 11.3 Å². The average molecular weight is 392 g/mol. The van der Waals surface area contributed by atoms with Crippen LogP contribution in [0.15, 0.2) is 0 Å². The van der Waals surface area contributed by atoms with Gasteiger partial charge >= 0.3 is 0 Å². The van der Waals surface area contributed by atoms with E-state index in [1.807, 2.05) is 0 Å². The molecular formula is C15H25N3O5S2. The van der Waals surface area contributed by atoms with Crippen molar-refractivity contribution in [2.75, 3.05) is 25.1 Å². The van der Waals surface area contributed by atoms with Crippen LogP contribution in [0.5, 0.6) is 0 Å². The molecule has 0 bridgehead atoms. The van der Waals surface area contributed by atoms with Crippen LogP contribution in [0.4, 0.5) is 5.13 Å². The number of hydrogen-bond acceptors (Lipinski definition) is 8. The van der Waals surface area contributed by atoms with E-state index in [9.17, 15) is 18.3 Å². The van der Waals surface area contributed by atoms with E-state index >= 15 is 0 Å². The van der Waals surface area contributed by atoms with E-state index in [1.165, 1.54) is 13.8 Å². The van der Waals surface area contributed by atoms with Gasteiger partial charge in [-0.05, 0) is 26.7 Å². The number of aromatic nitrogens is 2. The van der Waals surface area contributed by atoms with Crippen molar-refractivity contribution in [2.24, 2.45) is 0 Å². The quantitative estimate of drug-likeness (QED) is 0.746. The van der Waals surface area contributed by atoms with Gasteiger partial charge in [-0.25, -0.2) is 8.42 Å². The lowest BCUT2D eigenvalue weighted by atomic mass is 9.96. The number of amides is 1. The molecule has 1 saturated heterocycles. The highest BCUT2D eigenvalue weighted by molar-refractivity contribution is 7.94. The minimum Gasteiger partial charge on any atom is -0.395 e. The van der Waals surface area contributed by atoms with Crippen LogP contribution in [0.25, 0.3) is 0 Å². The maximum atomic E-state index is 12.9. The lowest BCUT2D eigenvalue weighted by Gasteiger charge is -2.30. The molecule has 2 heterocycles. The minimum atomic E-state index is -3.68. The van der Waals surface area contributed by atoms with Crippen LogP contribution in [0, 0.1) is 0 Å². The zero-order valence-corrected chi connectivity index (χ0v) is 16.5. The molecule has 10 heteroatoms. The van der Waals surface area contributed by atoms with Crippen molar-refractivity contribution in [1.29, 1.82) is 0 Å². The Bertz CT molecular complexity index is 721. The van der Waals surface area contributed by atoms with Crippen molar-refractivity contribution in [2.45, 2.75) is 55.9 Å². The Morgan fingerprint density at radius 1 is 1.28 bits per heavy atom. The summed E-state index contributed by atoms with van der Waals surface area (Å²) in [4.78, 5) is 12.6. The van der Waals surface area contributed by atoms with E-state index < -0.39 is 31.2 Å². The number of carbonyl (C=O) groups is 1. The van der Waals surface area contributed by atoms with Gasteiger partial charge < -0.3 is 9.84 Å².